The molecule has 7 nitrogen and oxygen atoms in total. The zero-order valence-corrected chi connectivity index (χ0v) is 10.6. The van der Waals surface area contributed by atoms with E-state index in [0.717, 1.165) is 12.8 Å². The lowest BCUT2D eigenvalue weighted by atomic mass is 10.1. The van der Waals surface area contributed by atoms with Crippen LogP contribution in [0, 0.1) is 16.0 Å². The number of hydrogen-bond acceptors (Lipinski definition) is 6. The van der Waals surface area contributed by atoms with Gasteiger partial charge in [0.2, 0.25) is 11.7 Å². The van der Waals surface area contributed by atoms with Gasteiger partial charge >= 0.3 is 0 Å². The van der Waals surface area contributed by atoms with Gasteiger partial charge in [0, 0.05) is 17.7 Å². The number of aliphatic hydroxyl groups is 1. The van der Waals surface area contributed by atoms with Crippen molar-refractivity contribution in [2.24, 2.45) is 5.92 Å². The summed E-state index contributed by atoms with van der Waals surface area (Å²) in [5.41, 5.74) is 0.502. The maximum absolute atomic E-state index is 10.7. The van der Waals surface area contributed by atoms with Crippen LogP contribution >= 0.6 is 0 Å². The lowest BCUT2D eigenvalue weighted by Gasteiger charge is -2.03. The average Bonchev–Trinajstić information content (AvgIpc) is 3.20. The molecule has 1 saturated carbocycles. The zero-order valence-electron chi connectivity index (χ0n) is 10.6. The minimum Gasteiger partial charge on any atom is -0.392 e. The van der Waals surface area contributed by atoms with Crippen molar-refractivity contribution in [3.63, 3.8) is 0 Å². The fraction of sp³-hybridized carbons (Fsp3) is 0.385. The fourth-order valence-corrected chi connectivity index (χ4v) is 2.04. The van der Waals surface area contributed by atoms with Crippen LogP contribution in [0.1, 0.15) is 18.7 Å². The molecule has 1 aliphatic carbocycles. The minimum atomic E-state index is -0.471. The third-order valence-corrected chi connectivity index (χ3v) is 3.33. The number of rotatable bonds is 5. The number of nitro groups is 1. The Morgan fingerprint density at radius 3 is 3.00 bits per heavy atom. The molecule has 104 valence electrons. The lowest BCUT2D eigenvalue weighted by molar-refractivity contribution is -0.384. The van der Waals surface area contributed by atoms with Gasteiger partial charge in [-0.3, -0.25) is 10.1 Å². The summed E-state index contributed by atoms with van der Waals surface area (Å²) in [7, 11) is 0. The van der Waals surface area contributed by atoms with Gasteiger partial charge in [0.1, 0.15) is 0 Å². The Kier molecular flexibility index (Phi) is 3.19. The number of nitro benzene ring substituents is 1. The second-order valence-corrected chi connectivity index (χ2v) is 4.93. The van der Waals surface area contributed by atoms with Crippen LogP contribution in [0.3, 0.4) is 0 Å². The van der Waals surface area contributed by atoms with Crippen LogP contribution in [0.15, 0.2) is 28.8 Å². The summed E-state index contributed by atoms with van der Waals surface area (Å²) in [6.07, 6.45) is 1.94. The largest absolute Gasteiger partial charge is 0.392 e. The molecule has 1 heterocycles. The number of non-ortho nitro benzene ring substituents is 1. The molecule has 1 atom stereocenters. The summed E-state index contributed by atoms with van der Waals surface area (Å²) >= 11 is 0. The van der Waals surface area contributed by atoms with E-state index in [9.17, 15) is 15.2 Å². The molecule has 0 aliphatic heterocycles. The van der Waals surface area contributed by atoms with Crippen LogP contribution in [0.2, 0.25) is 0 Å². The highest BCUT2D eigenvalue weighted by atomic mass is 16.6. The first kappa shape index (κ1) is 12.7. The predicted octanol–water partition coefficient (Wildman–Crippen LogP) is 1.96. The van der Waals surface area contributed by atoms with E-state index in [1.54, 1.807) is 12.1 Å². The van der Waals surface area contributed by atoms with E-state index in [1.807, 2.05) is 0 Å². The molecule has 7 heteroatoms. The third kappa shape index (κ3) is 2.67. The Hall–Kier alpha value is -2.28. The number of nitrogens with zero attached hydrogens (tertiary/aromatic N) is 3. The quantitative estimate of drug-likeness (QED) is 0.661. The molecular formula is C13H13N3O4. The number of aromatic nitrogens is 2. The molecule has 0 bridgehead atoms. The van der Waals surface area contributed by atoms with Gasteiger partial charge in [0.15, 0.2) is 0 Å². The summed E-state index contributed by atoms with van der Waals surface area (Å²) in [6.45, 7) is 0. The molecule has 1 aromatic carbocycles. The number of aliphatic hydroxyl groups excluding tert-OH is 1. The zero-order chi connectivity index (χ0) is 14.1. The number of hydrogen-bond donors (Lipinski definition) is 1. The van der Waals surface area contributed by atoms with Gasteiger partial charge < -0.3 is 9.63 Å². The van der Waals surface area contributed by atoms with E-state index in [2.05, 4.69) is 10.1 Å². The summed E-state index contributed by atoms with van der Waals surface area (Å²) in [5.74, 6) is 0.987. The third-order valence-electron chi connectivity index (χ3n) is 3.33. The Bertz CT molecular complexity index is 636. The molecule has 2 aromatic rings. The van der Waals surface area contributed by atoms with Crippen LogP contribution in [-0.2, 0) is 6.42 Å². The Balaban J connectivity index is 1.78. The summed E-state index contributed by atoms with van der Waals surface area (Å²) in [5, 5.41) is 24.3. The molecule has 0 amide bonds. The molecule has 1 N–H and O–H groups in total. The smallest absolute Gasteiger partial charge is 0.270 e. The lowest BCUT2D eigenvalue weighted by Crippen LogP contribution is -2.12. The first-order chi connectivity index (χ1) is 9.63. The highest BCUT2D eigenvalue weighted by Gasteiger charge is 2.31. The van der Waals surface area contributed by atoms with Crippen molar-refractivity contribution >= 4 is 5.69 Å². The van der Waals surface area contributed by atoms with Crippen molar-refractivity contribution in [1.82, 2.24) is 10.1 Å². The van der Waals surface area contributed by atoms with Crippen molar-refractivity contribution in [3.05, 3.63) is 40.3 Å². The van der Waals surface area contributed by atoms with E-state index in [0.29, 0.717) is 29.6 Å². The monoisotopic (exact) mass is 275 g/mol. The van der Waals surface area contributed by atoms with Gasteiger partial charge in [0.05, 0.1) is 17.4 Å². The molecule has 1 unspecified atom stereocenters. The van der Waals surface area contributed by atoms with E-state index in [4.69, 9.17) is 4.52 Å². The topological polar surface area (TPSA) is 102 Å². The van der Waals surface area contributed by atoms with Gasteiger partial charge in [-0.25, -0.2) is 0 Å². The van der Waals surface area contributed by atoms with Crippen LogP contribution < -0.4 is 0 Å². The maximum Gasteiger partial charge on any atom is 0.270 e. The molecule has 0 spiro atoms. The Labute approximate surface area is 114 Å². The van der Waals surface area contributed by atoms with E-state index >= 15 is 0 Å². The van der Waals surface area contributed by atoms with Crippen molar-refractivity contribution in [1.29, 1.82) is 0 Å². The number of benzene rings is 1. The van der Waals surface area contributed by atoms with Crippen LogP contribution in [0.5, 0.6) is 0 Å². The molecule has 1 aromatic heterocycles. The highest BCUT2D eigenvalue weighted by Crippen LogP contribution is 2.34. The Morgan fingerprint density at radius 1 is 1.50 bits per heavy atom. The first-order valence-electron chi connectivity index (χ1n) is 6.39. The van der Waals surface area contributed by atoms with Crippen molar-refractivity contribution < 1.29 is 14.6 Å². The van der Waals surface area contributed by atoms with Gasteiger partial charge in [-0.05, 0) is 18.8 Å². The molecule has 1 aliphatic rings. The summed E-state index contributed by atoms with van der Waals surface area (Å²) < 4.78 is 5.08. The standard InChI is InChI=1S/C13H13N3O4/c17-11(8-4-5-8)7-12-14-13(15-20-12)9-2-1-3-10(6-9)16(18)19/h1-3,6,8,11,17H,4-5,7H2. The minimum absolute atomic E-state index is 0.0214. The van der Waals surface area contributed by atoms with Crippen LogP contribution in [0.4, 0.5) is 5.69 Å². The van der Waals surface area contributed by atoms with E-state index in [-0.39, 0.29) is 5.69 Å². The maximum atomic E-state index is 10.7. The van der Waals surface area contributed by atoms with Crippen molar-refractivity contribution in [2.75, 3.05) is 0 Å². The molecule has 0 saturated heterocycles. The predicted molar refractivity (Wildman–Crippen MR) is 68.8 cm³/mol. The normalized spacial score (nSPS) is 16.1. The first-order valence-corrected chi connectivity index (χ1v) is 6.39. The van der Waals surface area contributed by atoms with Gasteiger partial charge in [-0.2, -0.15) is 4.98 Å². The van der Waals surface area contributed by atoms with Gasteiger partial charge in [0.25, 0.3) is 5.69 Å². The van der Waals surface area contributed by atoms with E-state index < -0.39 is 11.0 Å². The average molecular weight is 275 g/mol. The van der Waals surface area contributed by atoms with Crippen molar-refractivity contribution in [3.8, 4) is 11.4 Å². The SMILES string of the molecule is O=[N+]([O-])c1cccc(-c2noc(CC(O)C3CC3)n2)c1. The van der Waals surface area contributed by atoms with Crippen molar-refractivity contribution in [2.45, 2.75) is 25.4 Å². The molecule has 1 fully saturated rings. The second kappa shape index (κ2) is 5.01. The Morgan fingerprint density at radius 2 is 2.30 bits per heavy atom. The summed E-state index contributed by atoms with van der Waals surface area (Å²) in [6, 6.07) is 6.05. The van der Waals surface area contributed by atoms with E-state index in [1.165, 1.54) is 12.1 Å². The van der Waals surface area contributed by atoms with Crippen LogP contribution in [-0.4, -0.2) is 26.3 Å². The van der Waals surface area contributed by atoms with Gasteiger partial charge in [-0.15, -0.1) is 0 Å². The molecule has 0 radical (unpaired) electrons. The molecule has 3 rings (SSSR count). The highest BCUT2D eigenvalue weighted by molar-refractivity contribution is 5.58. The fourth-order valence-electron chi connectivity index (χ4n) is 2.04. The molecular weight excluding hydrogens is 262 g/mol. The second-order valence-electron chi connectivity index (χ2n) is 4.93. The van der Waals surface area contributed by atoms with Gasteiger partial charge in [-0.1, -0.05) is 17.3 Å². The summed E-state index contributed by atoms with van der Waals surface area (Å²) in [4.78, 5) is 14.4. The molecule has 20 heavy (non-hydrogen) atoms. The van der Waals surface area contributed by atoms with Crippen LogP contribution in [0.25, 0.3) is 11.4 Å².